The van der Waals surface area contributed by atoms with E-state index in [1.54, 1.807) is 10.9 Å². The minimum atomic E-state index is -0.0611. The van der Waals surface area contributed by atoms with Crippen molar-refractivity contribution in [1.82, 2.24) is 25.2 Å². The minimum Gasteiger partial charge on any atom is -0.349 e. The fraction of sp³-hybridized carbons (Fsp3) is 0.538. The third-order valence-electron chi connectivity index (χ3n) is 2.75. The van der Waals surface area contributed by atoms with Crippen LogP contribution in [0.1, 0.15) is 43.5 Å². The number of nitrogens with zero attached hydrogens (tertiary/aromatic N) is 4. The van der Waals surface area contributed by atoms with Crippen molar-refractivity contribution in [3.8, 4) is 0 Å². The third-order valence-corrected chi connectivity index (χ3v) is 2.75. The van der Waals surface area contributed by atoms with E-state index in [1.807, 2.05) is 27.0 Å². The first-order valence-electron chi connectivity index (χ1n) is 6.63. The summed E-state index contributed by atoms with van der Waals surface area (Å²) in [4.78, 5) is 15.9. The summed E-state index contributed by atoms with van der Waals surface area (Å²) in [6.07, 6.45) is 4.04. The molecule has 0 aromatic carbocycles. The van der Waals surface area contributed by atoms with Gasteiger partial charge in [0.1, 0.15) is 0 Å². The van der Waals surface area contributed by atoms with E-state index >= 15 is 0 Å². The molecule has 20 heavy (non-hydrogen) atoms. The van der Waals surface area contributed by atoms with E-state index in [0.29, 0.717) is 24.7 Å². The van der Waals surface area contributed by atoms with Crippen molar-refractivity contribution >= 4 is 5.91 Å². The van der Waals surface area contributed by atoms with Crippen LogP contribution < -0.4 is 5.32 Å². The summed E-state index contributed by atoms with van der Waals surface area (Å²) in [6.45, 7) is 6.76. The molecule has 0 aliphatic heterocycles. The van der Waals surface area contributed by atoms with Gasteiger partial charge in [-0.05, 0) is 12.5 Å². The monoisotopic (exact) mass is 277 g/mol. The molecule has 0 radical (unpaired) electrons. The Hall–Kier alpha value is -2.18. The zero-order chi connectivity index (χ0) is 14.5. The molecule has 0 aliphatic rings. The molecular formula is C13H19N5O2. The minimum absolute atomic E-state index is 0.0611. The molecular weight excluding hydrogens is 258 g/mol. The number of hydrogen-bond acceptors (Lipinski definition) is 5. The predicted molar refractivity (Wildman–Crippen MR) is 71.8 cm³/mol. The average molecular weight is 277 g/mol. The number of amides is 1. The molecule has 0 spiro atoms. The molecule has 2 heterocycles. The summed E-state index contributed by atoms with van der Waals surface area (Å²) in [7, 11) is 0. The maximum Gasteiger partial charge on any atom is 0.229 e. The van der Waals surface area contributed by atoms with Crippen molar-refractivity contribution in [3.05, 3.63) is 29.7 Å². The molecule has 108 valence electrons. The van der Waals surface area contributed by atoms with Crippen LogP contribution in [0.2, 0.25) is 0 Å². The second kappa shape index (κ2) is 6.31. The number of rotatable bonds is 6. The third kappa shape index (κ3) is 3.91. The van der Waals surface area contributed by atoms with Crippen molar-refractivity contribution < 1.29 is 9.32 Å². The van der Waals surface area contributed by atoms with Crippen LogP contribution in [0.5, 0.6) is 0 Å². The van der Waals surface area contributed by atoms with Crippen LogP contribution in [-0.2, 0) is 17.9 Å². The Morgan fingerprint density at radius 3 is 2.90 bits per heavy atom. The molecule has 7 heteroatoms. The maximum absolute atomic E-state index is 11.7. The van der Waals surface area contributed by atoms with Gasteiger partial charge >= 0.3 is 0 Å². The Morgan fingerprint density at radius 2 is 2.30 bits per heavy atom. The summed E-state index contributed by atoms with van der Waals surface area (Å²) in [5.74, 6) is 1.21. The van der Waals surface area contributed by atoms with Gasteiger partial charge in [-0.3, -0.25) is 9.48 Å². The summed E-state index contributed by atoms with van der Waals surface area (Å²) >= 11 is 0. The first-order chi connectivity index (χ1) is 9.54. The number of carbonyl (C=O) groups is 1. The first-order valence-corrected chi connectivity index (χ1v) is 6.63. The molecule has 0 bridgehead atoms. The van der Waals surface area contributed by atoms with Gasteiger partial charge in [-0.1, -0.05) is 19.0 Å². The zero-order valence-electron chi connectivity index (χ0n) is 12.0. The predicted octanol–water partition coefficient (Wildman–Crippen LogP) is 1.40. The zero-order valence-corrected chi connectivity index (χ0v) is 12.0. The summed E-state index contributed by atoms with van der Waals surface area (Å²) in [5.41, 5.74) is 1.08. The molecule has 1 N–H and O–H groups in total. The highest BCUT2D eigenvalue weighted by atomic mass is 16.5. The molecule has 0 atom stereocenters. The second-order valence-electron chi connectivity index (χ2n) is 5.01. The van der Waals surface area contributed by atoms with Gasteiger partial charge in [0.15, 0.2) is 5.82 Å². The van der Waals surface area contributed by atoms with Gasteiger partial charge in [0.25, 0.3) is 0 Å². The highest BCUT2D eigenvalue weighted by Gasteiger charge is 2.10. The number of nitrogens with one attached hydrogen (secondary N) is 1. The van der Waals surface area contributed by atoms with Gasteiger partial charge < -0.3 is 9.84 Å². The molecule has 0 saturated heterocycles. The van der Waals surface area contributed by atoms with E-state index in [9.17, 15) is 4.79 Å². The van der Waals surface area contributed by atoms with Gasteiger partial charge in [0, 0.05) is 25.1 Å². The molecule has 0 unspecified atom stereocenters. The Bertz CT molecular complexity index is 573. The molecule has 7 nitrogen and oxygen atoms in total. The fourth-order valence-corrected chi connectivity index (χ4v) is 1.65. The van der Waals surface area contributed by atoms with Crippen LogP contribution in [0.4, 0.5) is 0 Å². The normalized spacial score (nSPS) is 11.0. The van der Waals surface area contributed by atoms with Gasteiger partial charge in [-0.2, -0.15) is 10.1 Å². The Morgan fingerprint density at radius 1 is 1.50 bits per heavy atom. The highest BCUT2D eigenvalue weighted by Crippen LogP contribution is 2.10. The molecule has 0 fully saturated rings. The Balaban J connectivity index is 1.74. The van der Waals surface area contributed by atoms with Gasteiger partial charge in [0.05, 0.1) is 12.7 Å². The van der Waals surface area contributed by atoms with Crippen molar-refractivity contribution in [3.63, 3.8) is 0 Å². The summed E-state index contributed by atoms with van der Waals surface area (Å²) < 4.78 is 6.81. The second-order valence-corrected chi connectivity index (χ2v) is 5.01. The molecule has 2 aromatic heterocycles. The number of hydrogen-bond donors (Lipinski definition) is 1. The molecule has 1 amide bonds. The van der Waals surface area contributed by atoms with E-state index in [-0.39, 0.29) is 18.4 Å². The van der Waals surface area contributed by atoms with Crippen LogP contribution >= 0.6 is 0 Å². The largest absolute Gasteiger partial charge is 0.349 e. The van der Waals surface area contributed by atoms with E-state index in [4.69, 9.17) is 4.52 Å². The summed E-state index contributed by atoms with van der Waals surface area (Å²) in [6, 6.07) is 0. The van der Waals surface area contributed by atoms with Gasteiger partial charge in [0.2, 0.25) is 11.8 Å². The lowest BCUT2D eigenvalue weighted by molar-refractivity contribution is -0.121. The van der Waals surface area contributed by atoms with Crippen molar-refractivity contribution in [2.24, 2.45) is 0 Å². The lowest BCUT2D eigenvalue weighted by atomic mass is 10.2. The van der Waals surface area contributed by atoms with E-state index < -0.39 is 0 Å². The van der Waals surface area contributed by atoms with Crippen LogP contribution in [0.15, 0.2) is 16.9 Å². The smallest absolute Gasteiger partial charge is 0.229 e. The van der Waals surface area contributed by atoms with Crippen molar-refractivity contribution in [1.29, 1.82) is 0 Å². The average Bonchev–Trinajstić information content (AvgIpc) is 3.03. The van der Waals surface area contributed by atoms with Crippen LogP contribution in [0.25, 0.3) is 0 Å². The van der Waals surface area contributed by atoms with Crippen LogP contribution in [0.3, 0.4) is 0 Å². The van der Waals surface area contributed by atoms with Crippen molar-refractivity contribution in [2.75, 3.05) is 0 Å². The Kier molecular flexibility index (Phi) is 4.49. The lowest BCUT2D eigenvalue weighted by Gasteiger charge is -2.02. The quantitative estimate of drug-likeness (QED) is 0.862. The van der Waals surface area contributed by atoms with E-state index in [1.165, 1.54) is 0 Å². The standard InChI is InChI=1S/C13H19N5O2/c1-9(2)13-16-11(17-20-13)7-14-12(19)4-5-18-8-10(3)6-15-18/h6,8-9H,4-5,7H2,1-3H3,(H,14,19). The SMILES string of the molecule is Cc1cnn(CCC(=O)NCc2noc(C(C)C)n2)c1. The number of aromatic nitrogens is 4. The summed E-state index contributed by atoms with van der Waals surface area (Å²) in [5, 5.41) is 10.7. The van der Waals surface area contributed by atoms with Crippen molar-refractivity contribution in [2.45, 2.75) is 46.2 Å². The number of carbonyl (C=O) groups excluding carboxylic acids is 1. The topological polar surface area (TPSA) is 85.8 Å². The molecule has 2 aromatic rings. The van der Waals surface area contributed by atoms with Crippen LogP contribution in [0, 0.1) is 6.92 Å². The van der Waals surface area contributed by atoms with E-state index in [0.717, 1.165) is 5.56 Å². The molecule has 0 saturated carbocycles. The Labute approximate surface area is 117 Å². The maximum atomic E-state index is 11.7. The molecule has 2 rings (SSSR count). The lowest BCUT2D eigenvalue weighted by Crippen LogP contribution is -2.24. The molecule has 0 aliphatic carbocycles. The highest BCUT2D eigenvalue weighted by molar-refractivity contribution is 5.75. The number of aryl methyl sites for hydroxylation is 2. The van der Waals surface area contributed by atoms with Gasteiger partial charge in [-0.25, -0.2) is 0 Å². The van der Waals surface area contributed by atoms with Crippen LogP contribution in [-0.4, -0.2) is 25.8 Å². The fourth-order valence-electron chi connectivity index (χ4n) is 1.65. The van der Waals surface area contributed by atoms with Gasteiger partial charge in [-0.15, -0.1) is 0 Å². The first kappa shape index (κ1) is 14.2. The van der Waals surface area contributed by atoms with E-state index in [2.05, 4.69) is 20.6 Å².